The maximum Gasteiger partial charge on any atom is 0.327 e. The predicted molar refractivity (Wildman–Crippen MR) is 77.9 cm³/mol. The van der Waals surface area contributed by atoms with Gasteiger partial charge in [-0.3, -0.25) is 4.79 Å². The molecule has 1 aromatic rings. The first-order chi connectivity index (χ1) is 9.43. The first kappa shape index (κ1) is 15.1. The predicted octanol–water partition coefficient (Wildman–Crippen LogP) is 2.36. The number of aliphatic carboxylic acids is 1. The van der Waals surface area contributed by atoms with Crippen molar-refractivity contribution < 1.29 is 14.7 Å². The summed E-state index contributed by atoms with van der Waals surface area (Å²) in [6.45, 7) is 3.93. The van der Waals surface area contributed by atoms with E-state index >= 15 is 0 Å². The van der Waals surface area contributed by atoms with Crippen LogP contribution in [0.25, 0.3) is 0 Å². The number of amides is 1. The summed E-state index contributed by atoms with van der Waals surface area (Å²) in [7, 11) is 0. The van der Waals surface area contributed by atoms with E-state index in [4.69, 9.17) is 11.6 Å². The molecular formula is C13H15ClN2O3S. The van der Waals surface area contributed by atoms with E-state index in [2.05, 4.69) is 4.98 Å². The summed E-state index contributed by atoms with van der Waals surface area (Å²) in [5.74, 6) is -0.820. The van der Waals surface area contributed by atoms with E-state index in [0.717, 1.165) is 0 Å². The highest BCUT2D eigenvalue weighted by Crippen LogP contribution is 2.35. The molecule has 2 heterocycles. The third kappa shape index (κ3) is 2.76. The van der Waals surface area contributed by atoms with Crippen LogP contribution in [0.2, 0.25) is 5.15 Å². The molecule has 20 heavy (non-hydrogen) atoms. The number of aromatic nitrogens is 1. The van der Waals surface area contributed by atoms with Crippen LogP contribution < -0.4 is 0 Å². The number of nitrogens with zero attached hydrogens (tertiary/aromatic N) is 2. The molecule has 108 valence electrons. The van der Waals surface area contributed by atoms with Gasteiger partial charge in [0.05, 0.1) is 10.9 Å². The Morgan fingerprint density at radius 2 is 2.25 bits per heavy atom. The zero-order valence-electron chi connectivity index (χ0n) is 11.1. The SMILES string of the molecule is CC(C)C1SCC(C(=O)O)N1C(=O)c1cccnc1Cl. The lowest BCUT2D eigenvalue weighted by Gasteiger charge is -2.29. The Balaban J connectivity index is 2.37. The summed E-state index contributed by atoms with van der Waals surface area (Å²) in [6.07, 6.45) is 1.49. The fourth-order valence-corrected chi connectivity index (χ4v) is 3.84. The van der Waals surface area contributed by atoms with Crippen LogP contribution in [0.15, 0.2) is 18.3 Å². The van der Waals surface area contributed by atoms with Gasteiger partial charge < -0.3 is 10.0 Å². The molecule has 2 atom stereocenters. The van der Waals surface area contributed by atoms with Crippen LogP contribution in [0.5, 0.6) is 0 Å². The summed E-state index contributed by atoms with van der Waals surface area (Å²) in [5, 5.41) is 9.22. The van der Waals surface area contributed by atoms with Gasteiger partial charge in [0.25, 0.3) is 5.91 Å². The zero-order valence-corrected chi connectivity index (χ0v) is 12.7. The molecule has 0 spiro atoms. The molecule has 1 aromatic heterocycles. The molecule has 0 bridgehead atoms. The molecule has 0 aromatic carbocycles. The van der Waals surface area contributed by atoms with Crippen LogP contribution in [0.3, 0.4) is 0 Å². The topological polar surface area (TPSA) is 70.5 Å². The largest absolute Gasteiger partial charge is 0.480 e. The maximum atomic E-state index is 12.6. The molecule has 0 radical (unpaired) electrons. The van der Waals surface area contributed by atoms with Crippen molar-refractivity contribution in [2.24, 2.45) is 5.92 Å². The van der Waals surface area contributed by atoms with E-state index < -0.39 is 12.0 Å². The minimum Gasteiger partial charge on any atom is -0.480 e. The zero-order chi connectivity index (χ0) is 14.9. The number of thioether (sulfide) groups is 1. The Kier molecular flexibility index (Phi) is 4.55. The quantitative estimate of drug-likeness (QED) is 0.867. The van der Waals surface area contributed by atoms with Crippen molar-refractivity contribution in [3.05, 3.63) is 29.0 Å². The van der Waals surface area contributed by atoms with Crippen molar-refractivity contribution in [1.29, 1.82) is 0 Å². The normalized spacial score (nSPS) is 22.3. The van der Waals surface area contributed by atoms with Gasteiger partial charge in [-0.25, -0.2) is 9.78 Å². The third-order valence-electron chi connectivity index (χ3n) is 3.11. The molecule has 1 aliphatic rings. The second-order valence-corrected chi connectivity index (χ2v) is 6.38. The number of hydrogen-bond acceptors (Lipinski definition) is 4. The Morgan fingerprint density at radius 1 is 1.55 bits per heavy atom. The standard InChI is InChI=1S/C13H15ClN2O3S/c1-7(2)12-16(9(6-20-12)13(18)19)11(17)8-4-3-5-15-10(8)14/h3-5,7,9,12H,6H2,1-2H3,(H,18,19). The molecule has 2 rings (SSSR count). The van der Waals surface area contributed by atoms with Gasteiger partial charge in [-0.05, 0) is 18.1 Å². The Morgan fingerprint density at radius 3 is 2.80 bits per heavy atom. The number of hydrogen-bond donors (Lipinski definition) is 1. The van der Waals surface area contributed by atoms with Gasteiger partial charge in [-0.1, -0.05) is 25.4 Å². The molecule has 1 N–H and O–H groups in total. The molecule has 1 fully saturated rings. The van der Waals surface area contributed by atoms with Gasteiger partial charge in [-0.2, -0.15) is 0 Å². The molecule has 0 saturated carbocycles. The second kappa shape index (κ2) is 6.01. The number of halogens is 1. The lowest BCUT2D eigenvalue weighted by atomic mass is 10.1. The van der Waals surface area contributed by atoms with Crippen LogP contribution in [0.4, 0.5) is 0 Å². The summed E-state index contributed by atoms with van der Waals surface area (Å²) in [6, 6.07) is 2.36. The van der Waals surface area contributed by atoms with Gasteiger partial charge in [0.1, 0.15) is 11.2 Å². The molecule has 5 nitrogen and oxygen atoms in total. The number of carbonyl (C=O) groups is 2. The van der Waals surface area contributed by atoms with E-state index in [1.807, 2.05) is 13.8 Å². The van der Waals surface area contributed by atoms with Crippen LogP contribution in [0, 0.1) is 5.92 Å². The van der Waals surface area contributed by atoms with E-state index in [0.29, 0.717) is 5.75 Å². The fraction of sp³-hybridized carbons (Fsp3) is 0.462. The number of carbonyl (C=O) groups excluding carboxylic acids is 1. The van der Waals surface area contributed by atoms with E-state index in [9.17, 15) is 14.7 Å². The number of rotatable bonds is 3. The summed E-state index contributed by atoms with van der Waals surface area (Å²) in [5.41, 5.74) is 0.244. The first-order valence-electron chi connectivity index (χ1n) is 6.21. The van der Waals surface area contributed by atoms with Gasteiger partial charge >= 0.3 is 5.97 Å². The molecule has 1 saturated heterocycles. The minimum atomic E-state index is -0.992. The molecule has 0 aliphatic carbocycles. The van der Waals surface area contributed by atoms with Crippen molar-refractivity contribution in [2.45, 2.75) is 25.3 Å². The van der Waals surface area contributed by atoms with Crippen molar-refractivity contribution in [2.75, 3.05) is 5.75 Å². The molecule has 1 aliphatic heterocycles. The Hall–Kier alpha value is -1.27. The molecule has 7 heteroatoms. The van der Waals surface area contributed by atoms with Crippen molar-refractivity contribution in [3.63, 3.8) is 0 Å². The van der Waals surface area contributed by atoms with E-state index in [1.54, 1.807) is 12.1 Å². The summed E-state index contributed by atoms with van der Waals surface area (Å²) < 4.78 is 0. The number of carboxylic acids is 1. The van der Waals surface area contributed by atoms with Crippen LogP contribution in [0.1, 0.15) is 24.2 Å². The lowest BCUT2D eigenvalue weighted by molar-refractivity contribution is -0.141. The van der Waals surface area contributed by atoms with Gasteiger partial charge in [0, 0.05) is 11.9 Å². The second-order valence-electron chi connectivity index (χ2n) is 4.88. The average molecular weight is 315 g/mol. The lowest BCUT2D eigenvalue weighted by Crippen LogP contribution is -2.47. The van der Waals surface area contributed by atoms with Crippen LogP contribution in [-0.2, 0) is 4.79 Å². The van der Waals surface area contributed by atoms with Crippen molar-refractivity contribution >= 4 is 35.2 Å². The average Bonchev–Trinajstić information content (AvgIpc) is 2.83. The van der Waals surface area contributed by atoms with Crippen molar-refractivity contribution in [1.82, 2.24) is 9.88 Å². The van der Waals surface area contributed by atoms with E-state index in [-0.39, 0.29) is 27.9 Å². The highest BCUT2D eigenvalue weighted by Gasteiger charge is 2.43. The smallest absolute Gasteiger partial charge is 0.327 e. The van der Waals surface area contributed by atoms with Crippen LogP contribution in [-0.4, -0.2) is 44.0 Å². The number of pyridine rings is 1. The monoisotopic (exact) mass is 314 g/mol. The third-order valence-corrected chi connectivity index (χ3v) is 5.04. The fourth-order valence-electron chi connectivity index (χ4n) is 2.17. The molecule has 1 amide bonds. The summed E-state index contributed by atoms with van der Waals surface area (Å²) in [4.78, 5) is 29.3. The highest BCUT2D eigenvalue weighted by atomic mass is 35.5. The van der Waals surface area contributed by atoms with Crippen LogP contribution >= 0.6 is 23.4 Å². The molecule has 2 unspecified atom stereocenters. The molecular weight excluding hydrogens is 300 g/mol. The van der Waals surface area contributed by atoms with Gasteiger partial charge in [0.15, 0.2) is 0 Å². The maximum absolute atomic E-state index is 12.6. The van der Waals surface area contributed by atoms with Gasteiger partial charge in [-0.15, -0.1) is 11.8 Å². The first-order valence-corrected chi connectivity index (χ1v) is 7.63. The number of carboxylic acid groups (broad SMARTS) is 1. The van der Waals surface area contributed by atoms with E-state index in [1.165, 1.54) is 22.9 Å². The summed E-state index contributed by atoms with van der Waals surface area (Å²) >= 11 is 7.42. The Labute approximate surface area is 126 Å². The highest BCUT2D eigenvalue weighted by molar-refractivity contribution is 8.00. The van der Waals surface area contributed by atoms with Crippen molar-refractivity contribution in [3.8, 4) is 0 Å². The minimum absolute atomic E-state index is 0.0982. The Bertz CT molecular complexity index is 538. The van der Waals surface area contributed by atoms with Gasteiger partial charge in [0.2, 0.25) is 0 Å².